The molecule has 0 unspecified atom stereocenters. The van der Waals surface area contributed by atoms with E-state index < -0.39 is 5.97 Å². The van der Waals surface area contributed by atoms with Gasteiger partial charge >= 0.3 is 18.0 Å². The third-order valence-electron chi connectivity index (χ3n) is 4.07. The predicted molar refractivity (Wildman–Crippen MR) is 73.6 cm³/mol. The van der Waals surface area contributed by atoms with E-state index in [2.05, 4.69) is 0 Å². The number of hydrogen-bond acceptors (Lipinski definition) is 4. The van der Waals surface area contributed by atoms with Crippen molar-refractivity contribution in [2.75, 3.05) is 33.3 Å². The number of nitrogens with zero attached hydrogens (tertiary/aromatic N) is 2. The number of esters is 1. The van der Waals surface area contributed by atoms with Gasteiger partial charge in [-0.1, -0.05) is 0 Å². The van der Waals surface area contributed by atoms with Crippen LogP contribution in [0.3, 0.4) is 0 Å². The SMILES string of the molecule is COC(=O)C1CCN(C(=O)N(CC(=O)O)CC2CC2)CC1. The van der Waals surface area contributed by atoms with Crippen LogP contribution in [0.2, 0.25) is 0 Å². The number of piperidine rings is 1. The topological polar surface area (TPSA) is 87.2 Å². The van der Waals surface area contributed by atoms with Crippen LogP contribution in [-0.4, -0.2) is 66.2 Å². The Kier molecular flexibility index (Phi) is 5.03. The first-order chi connectivity index (χ1) is 10.0. The zero-order valence-corrected chi connectivity index (χ0v) is 12.3. The molecule has 2 rings (SSSR count). The van der Waals surface area contributed by atoms with Gasteiger partial charge in [0.05, 0.1) is 13.0 Å². The van der Waals surface area contributed by atoms with Gasteiger partial charge in [-0.05, 0) is 31.6 Å². The molecule has 1 N–H and O–H groups in total. The van der Waals surface area contributed by atoms with Gasteiger partial charge in [-0.2, -0.15) is 0 Å². The highest BCUT2D eigenvalue weighted by molar-refractivity contribution is 5.80. The van der Waals surface area contributed by atoms with Crippen molar-refractivity contribution in [3.63, 3.8) is 0 Å². The number of urea groups is 1. The molecule has 1 aliphatic heterocycles. The summed E-state index contributed by atoms with van der Waals surface area (Å²) in [6, 6.07) is -0.229. The Morgan fingerprint density at radius 1 is 1.19 bits per heavy atom. The summed E-state index contributed by atoms with van der Waals surface area (Å²) in [5.41, 5.74) is 0. The van der Waals surface area contributed by atoms with Crippen molar-refractivity contribution < 1.29 is 24.2 Å². The van der Waals surface area contributed by atoms with Crippen LogP contribution in [0.15, 0.2) is 0 Å². The van der Waals surface area contributed by atoms with E-state index in [-0.39, 0.29) is 24.5 Å². The Bertz CT molecular complexity index is 414. The number of carbonyl (C=O) groups is 3. The average molecular weight is 298 g/mol. The van der Waals surface area contributed by atoms with Gasteiger partial charge in [-0.3, -0.25) is 9.59 Å². The fraction of sp³-hybridized carbons (Fsp3) is 0.786. The van der Waals surface area contributed by atoms with Crippen LogP contribution in [-0.2, 0) is 14.3 Å². The molecule has 7 heteroatoms. The van der Waals surface area contributed by atoms with Gasteiger partial charge in [0.25, 0.3) is 0 Å². The largest absolute Gasteiger partial charge is 0.480 e. The van der Waals surface area contributed by atoms with Crippen molar-refractivity contribution in [3.05, 3.63) is 0 Å². The number of carboxylic acids is 1. The van der Waals surface area contributed by atoms with E-state index in [9.17, 15) is 14.4 Å². The minimum atomic E-state index is -0.992. The highest BCUT2D eigenvalue weighted by Gasteiger charge is 2.33. The van der Waals surface area contributed by atoms with Gasteiger partial charge in [0.1, 0.15) is 6.54 Å². The molecule has 1 aliphatic carbocycles. The van der Waals surface area contributed by atoms with E-state index in [0.29, 0.717) is 38.4 Å². The number of rotatable bonds is 5. The Balaban J connectivity index is 1.88. The second-order valence-corrected chi connectivity index (χ2v) is 5.78. The number of carboxylic acid groups (broad SMARTS) is 1. The molecule has 2 fully saturated rings. The molecule has 7 nitrogen and oxygen atoms in total. The molecule has 0 aromatic carbocycles. The summed E-state index contributed by atoms with van der Waals surface area (Å²) in [4.78, 5) is 37.8. The van der Waals surface area contributed by atoms with Crippen molar-refractivity contribution >= 4 is 18.0 Å². The first kappa shape index (κ1) is 15.6. The van der Waals surface area contributed by atoms with E-state index in [1.807, 2.05) is 0 Å². The van der Waals surface area contributed by atoms with Gasteiger partial charge in [0, 0.05) is 19.6 Å². The van der Waals surface area contributed by atoms with Gasteiger partial charge in [0.15, 0.2) is 0 Å². The second kappa shape index (κ2) is 6.78. The van der Waals surface area contributed by atoms with Crippen LogP contribution in [0.1, 0.15) is 25.7 Å². The van der Waals surface area contributed by atoms with Gasteiger partial charge in [0.2, 0.25) is 0 Å². The van der Waals surface area contributed by atoms with Gasteiger partial charge in [-0.25, -0.2) is 4.79 Å². The lowest BCUT2D eigenvalue weighted by atomic mass is 9.97. The second-order valence-electron chi connectivity index (χ2n) is 5.78. The number of likely N-dealkylation sites (tertiary alicyclic amines) is 1. The number of carbonyl (C=O) groups excluding carboxylic acids is 2. The van der Waals surface area contributed by atoms with Crippen molar-refractivity contribution in [1.29, 1.82) is 0 Å². The summed E-state index contributed by atoms with van der Waals surface area (Å²) in [5, 5.41) is 8.94. The molecule has 0 bridgehead atoms. The maximum absolute atomic E-state index is 12.4. The predicted octanol–water partition coefficient (Wildman–Crippen LogP) is 0.788. The minimum absolute atomic E-state index is 0.157. The molecule has 21 heavy (non-hydrogen) atoms. The molecule has 2 amide bonds. The monoisotopic (exact) mass is 298 g/mol. The minimum Gasteiger partial charge on any atom is -0.480 e. The highest BCUT2D eigenvalue weighted by atomic mass is 16.5. The summed E-state index contributed by atoms with van der Waals surface area (Å²) in [6.45, 7) is 1.20. The molecular formula is C14H22N2O5. The summed E-state index contributed by atoms with van der Waals surface area (Å²) >= 11 is 0. The standard InChI is InChI=1S/C14H22N2O5/c1-21-13(19)11-4-6-15(7-5-11)14(20)16(9-12(17)18)8-10-2-3-10/h10-11H,2-9H2,1H3,(H,17,18). The summed E-state index contributed by atoms with van der Waals surface area (Å²) in [6.07, 6.45) is 3.27. The molecule has 1 heterocycles. The molecule has 0 aromatic rings. The van der Waals surface area contributed by atoms with Crippen molar-refractivity contribution in [2.45, 2.75) is 25.7 Å². The van der Waals surface area contributed by atoms with Crippen LogP contribution in [0.5, 0.6) is 0 Å². The number of hydrogen-bond donors (Lipinski definition) is 1. The maximum atomic E-state index is 12.4. The lowest BCUT2D eigenvalue weighted by Crippen LogP contribution is -2.49. The summed E-state index contributed by atoms with van der Waals surface area (Å²) < 4.78 is 4.72. The Hall–Kier alpha value is -1.79. The van der Waals surface area contributed by atoms with Crippen LogP contribution < -0.4 is 0 Å². The highest BCUT2D eigenvalue weighted by Crippen LogP contribution is 2.30. The zero-order chi connectivity index (χ0) is 15.4. The van der Waals surface area contributed by atoms with Crippen LogP contribution >= 0.6 is 0 Å². The first-order valence-corrected chi connectivity index (χ1v) is 7.34. The molecule has 1 saturated carbocycles. The van der Waals surface area contributed by atoms with E-state index in [1.165, 1.54) is 12.0 Å². The molecule has 0 aromatic heterocycles. The summed E-state index contributed by atoms with van der Waals surface area (Å²) in [7, 11) is 1.37. The number of ether oxygens (including phenoxy) is 1. The smallest absolute Gasteiger partial charge is 0.323 e. The first-order valence-electron chi connectivity index (χ1n) is 7.34. The average Bonchev–Trinajstić information content (AvgIpc) is 3.28. The zero-order valence-electron chi connectivity index (χ0n) is 12.3. The van der Waals surface area contributed by atoms with E-state index >= 15 is 0 Å². The van der Waals surface area contributed by atoms with Crippen molar-refractivity contribution in [1.82, 2.24) is 9.80 Å². The third kappa shape index (κ3) is 4.34. The Morgan fingerprint density at radius 3 is 2.29 bits per heavy atom. The van der Waals surface area contributed by atoms with Crippen LogP contribution in [0.4, 0.5) is 4.79 Å². The molecule has 0 atom stereocenters. The van der Waals surface area contributed by atoms with Crippen LogP contribution in [0, 0.1) is 11.8 Å². The Labute approximate surface area is 123 Å². The number of methoxy groups -OCH3 is 1. The fourth-order valence-electron chi connectivity index (χ4n) is 2.66. The molecule has 1 saturated heterocycles. The molecule has 118 valence electrons. The fourth-order valence-corrected chi connectivity index (χ4v) is 2.66. The van der Waals surface area contributed by atoms with E-state index in [1.54, 1.807) is 4.90 Å². The molecular weight excluding hydrogens is 276 g/mol. The van der Waals surface area contributed by atoms with Gasteiger partial charge < -0.3 is 19.6 Å². The van der Waals surface area contributed by atoms with Gasteiger partial charge in [-0.15, -0.1) is 0 Å². The van der Waals surface area contributed by atoms with Crippen molar-refractivity contribution in [3.8, 4) is 0 Å². The number of aliphatic carboxylic acids is 1. The van der Waals surface area contributed by atoms with E-state index in [0.717, 1.165) is 12.8 Å². The molecule has 0 radical (unpaired) electrons. The lowest BCUT2D eigenvalue weighted by molar-refractivity contribution is -0.146. The van der Waals surface area contributed by atoms with Crippen molar-refractivity contribution in [2.24, 2.45) is 11.8 Å². The maximum Gasteiger partial charge on any atom is 0.323 e. The third-order valence-corrected chi connectivity index (χ3v) is 4.07. The normalized spacial score (nSPS) is 19.2. The lowest BCUT2D eigenvalue weighted by Gasteiger charge is -2.34. The van der Waals surface area contributed by atoms with E-state index in [4.69, 9.17) is 9.84 Å². The Morgan fingerprint density at radius 2 is 1.81 bits per heavy atom. The van der Waals surface area contributed by atoms with Crippen LogP contribution in [0.25, 0.3) is 0 Å². The quantitative estimate of drug-likeness (QED) is 0.758. The summed E-state index contributed by atoms with van der Waals surface area (Å²) in [5.74, 6) is -0.938. The molecule has 0 spiro atoms. The number of amides is 2. The molecule has 2 aliphatic rings.